The molecule has 3 nitrogen and oxygen atoms in total. The van der Waals surface area contributed by atoms with Crippen molar-refractivity contribution in [3.8, 4) is 5.75 Å². The highest BCUT2D eigenvalue weighted by atomic mass is 16.5. The van der Waals surface area contributed by atoms with Crippen molar-refractivity contribution in [2.24, 2.45) is 5.73 Å². The maximum atomic E-state index is 12.6. The molecule has 1 aromatic carbocycles. The molecule has 30 heavy (non-hydrogen) atoms. The predicted molar refractivity (Wildman–Crippen MR) is 129 cm³/mol. The average molecular weight is 418 g/mol. The molecule has 0 spiro atoms. The largest absolute Gasteiger partial charge is 0.425 e. The zero-order valence-corrected chi connectivity index (χ0v) is 20.0. The molecule has 1 aromatic rings. The minimum Gasteiger partial charge on any atom is -0.425 e. The van der Waals surface area contributed by atoms with Gasteiger partial charge in [0, 0.05) is 0 Å². The second-order valence-electron chi connectivity index (χ2n) is 8.75. The lowest BCUT2D eigenvalue weighted by Gasteiger charge is -2.17. The van der Waals surface area contributed by atoms with E-state index in [1.165, 1.54) is 68.9 Å². The lowest BCUT2D eigenvalue weighted by molar-refractivity contribution is -0.136. The lowest BCUT2D eigenvalue weighted by atomic mass is 9.95. The minimum atomic E-state index is -0.522. The van der Waals surface area contributed by atoms with Gasteiger partial charge in [-0.3, -0.25) is 0 Å². The molecule has 0 aliphatic rings. The van der Waals surface area contributed by atoms with E-state index in [1.807, 2.05) is 12.1 Å². The van der Waals surface area contributed by atoms with Crippen molar-refractivity contribution >= 4 is 5.97 Å². The smallest absolute Gasteiger partial charge is 0.328 e. The van der Waals surface area contributed by atoms with Crippen molar-refractivity contribution in [2.45, 2.75) is 130 Å². The van der Waals surface area contributed by atoms with E-state index in [-0.39, 0.29) is 5.97 Å². The summed E-state index contributed by atoms with van der Waals surface area (Å²) >= 11 is 0. The van der Waals surface area contributed by atoms with Crippen LogP contribution in [0.5, 0.6) is 5.75 Å². The van der Waals surface area contributed by atoms with E-state index in [1.54, 1.807) is 0 Å². The second-order valence-corrected chi connectivity index (χ2v) is 8.75. The SMILES string of the molecule is CCCCCCCc1cccc(OC(=O)C(N)CCCCC)c1CCCCCCC. The van der Waals surface area contributed by atoms with Crippen molar-refractivity contribution in [3.05, 3.63) is 29.3 Å². The molecule has 0 bridgehead atoms. The van der Waals surface area contributed by atoms with Gasteiger partial charge in [0.25, 0.3) is 0 Å². The van der Waals surface area contributed by atoms with Crippen LogP contribution in [0.2, 0.25) is 0 Å². The summed E-state index contributed by atoms with van der Waals surface area (Å²) < 4.78 is 5.84. The molecule has 0 amide bonds. The molecule has 0 radical (unpaired) electrons. The highest BCUT2D eigenvalue weighted by molar-refractivity contribution is 5.78. The molecule has 0 heterocycles. The van der Waals surface area contributed by atoms with Crippen LogP contribution in [0, 0.1) is 0 Å². The van der Waals surface area contributed by atoms with E-state index >= 15 is 0 Å². The van der Waals surface area contributed by atoms with Crippen molar-refractivity contribution in [2.75, 3.05) is 0 Å². The number of hydrogen-bond acceptors (Lipinski definition) is 3. The molecule has 0 aliphatic heterocycles. The number of carbonyl (C=O) groups excluding carboxylic acids is 1. The summed E-state index contributed by atoms with van der Waals surface area (Å²) in [6, 6.07) is 5.69. The van der Waals surface area contributed by atoms with Gasteiger partial charge in [-0.25, -0.2) is 4.79 Å². The van der Waals surface area contributed by atoms with Crippen LogP contribution in [-0.4, -0.2) is 12.0 Å². The fourth-order valence-electron chi connectivity index (χ4n) is 3.97. The van der Waals surface area contributed by atoms with Gasteiger partial charge in [-0.05, 0) is 49.3 Å². The summed E-state index contributed by atoms with van der Waals surface area (Å²) in [7, 11) is 0. The highest BCUT2D eigenvalue weighted by Crippen LogP contribution is 2.27. The predicted octanol–water partition coefficient (Wildman–Crippen LogP) is 7.53. The molecular formula is C27H47NO2. The molecule has 1 rings (SSSR count). The number of carbonyl (C=O) groups is 1. The Morgan fingerprint density at radius 1 is 0.800 bits per heavy atom. The van der Waals surface area contributed by atoms with E-state index in [9.17, 15) is 4.79 Å². The monoisotopic (exact) mass is 417 g/mol. The molecule has 2 N–H and O–H groups in total. The summed E-state index contributed by atoms with van der Waals surface area (Å²) in [4.78, 5) is 12.6. The third-order valence-electron chi connectivity index (χ3n) is 5.94. The van der Waals surface area contributed by atoms with Gasteiger partial charge < -0.3 is 10.5 Å². The third-order valence-corrected chi connectivity index (χ3v) is 5.94. The van der Waals surface area contributed by atoms with Crippen LogP contribution in [-0.2, 0) is 17.6 Å². The number of esters is 1. The highest BCUT2D eigenvalue weighted by Gasteiger charge is 2.18. The Hall–Kier alpha value is -1.35. The van der Waals surface area contributed by atoms with Crippen LogP contribution in [0.4, 0.5) is 0 Å². The number of unbranched alkanes of at least 4 members (excludes halogenated alkanes) is 10. The number of rotatable bonds is 18. The van der Waals surface area contributed by atoms with Gasteiger partial charge in [-0.2, -0.15) is 0 Å². The summed E-state index contributed by atoms with van der Waals surface area (Å²) in [5.41, 5.74) is 8.69. The Morgan fingerprint density at radius 3 is 2.00 bits per heavy atom. The van der Waals surface area contributed by atoms with E-state index in [2.05, 4.69) is 26.8 Å². The molecule has 0 saturated carbocycles. The quantitative estimate of drug-likeness (QED) is 0.153. The molecular weight excluding hydrogens is 370 g/mol. The van der Waals surface area contributed by atoms with E-state index in [0.717, 1.165) is 44.3 Å². The summed E-state index contributed by atoms with van der Waals surface area (Å²) in [5.74, 6) is 0.464. The first-order valence-electron chi connectivity index (χ1n) is 12.7. The zero-order valence-electron chi connectivity index (χ0n) is 20.0. The number of ether oxygens (including phenoxy) is 1. The maximum Gasteiger partial charge on any atom is 0.328 e. The van der Waals surface area contributed by atoms with Crippen molar-refractivity contribution in [1.82, 2.24) is 0 Å². The molecule has 1 unspecified atom stereocenters. The van der Waals surface area contributed by atoms with E-state index in [0.29, 0.717) is 6.42 Å². The zero-order chi connectivity index (χ0) is 22.0. The van der Waals surface area contributed by atoms with Gasteiger partial charge in [-0.1, -0.05) is 104 Å². The Bertz CT molecular complexity index is 570. The fraction of sp³-hybridized carbons (Fsp3) is 0.741. The Balaban J connectivity index is 2.77. The van der Waals surface area contributed by atoms with E-state index in [4.69, 9.17) is 10.5 Å². The number of hydrogen-bond donors (Lipinski definition) is 1. The molecule has 172 valence electrons. The van der Waals surface area contributed by atoms with Gasteiger partial charge in [0.2, 0.25) is 0 Å². The van der Waals surface area contributed by atoms with Crippen molar-refractivity contribution in [3.63, 3.8) is 0 Å². The first kappa shape index (κ1) is 26.7. The van der Waals surface area contributed by atoms with Crippen molar-refractivity contribution < 1.29 is 9.53 Å². The van der Waals surface area contributed by atoms with Gasteiger partial charge >= 0.3 is 5.97 Å². The molecule has 1 atom stereocenters. The first-order valence-corrected chi connectivity index (χ1v) is 12.7. The summed E-state index contributed by atoms with van der Waals surface area (Å²) in [5, 5.41) is 0. The molecule has 0 aliphatic carbocycles. The first-order chi connectivity index (χ1) is 14.6. The van der Waals surface area contributed by atoms with Crippen LogP contribution in [0.3, 0.4) is 0 Å². The summed E-state index contributed by atoms with van der Waals surface area (Å²) in [6.45, 7) is 6.65. The Labute approximate surface area is 186 Å². The third kappa shape index (κ3) is 11.2. The normalized spacial score (nSPS) is 12.1. The maximum absolute atomic E-state index is 12.6. The van der Waals surface area contributed by atoms with Crippen LogP contribution < -0.4 is 10.5 Å². The standard InChI is InChI=1S/C27H47NO2/c1-4-7-10-12-15-18-23-19-17-22-26(24(23)20-16-13-11-8-5-2)30-27(29)25(28)21-14-9-6-3/h17,19,22,25H,4-16,18,20-21,28H2,1-3H3. The molecule has 0 saturated heterocycles. The number of aryl methyl sites for hydroxylation is 1. The van der Waals surface area contributed by atoms with Crippen LogP contribution in [0.25, 0.3) is 0 Å². The molecule has 0 fully saturated rings. The average Bonchev–Trinajstić information content (AvgIpc) is 2.74. The van der Waals surface area contributed by atoms with Crippen LogP contribution in [0.1, 0.15) is 122 Å². The number of nitrogens with two attached hydrogens (primary N) is 1. The van der Waals surface area contributed by atoms with Crippen LogP contribution >= 0.6 is 0 Å². The van der Waals surface area contributed by atoms with Gasteiger partial charge in [0.05, 0.1) is 0 Å². The topological polar surface area (TPSA) is 52.3 Å². The van der Waals surface area contributed by atoms with Gasteiger partial charge in [0.1, 0.15) is 11.8 Å². The lowest BCUT2D eigenvalue weighted by Crippen LogP contribution is -2.34. The Morgan fingerprint density at radius 2 is 1.37 bits per heavy atom. The summed E-state index contributed by atoms with van der Waals surface area (Å²) in [6.07, 6.45) is 18.6. The van der Waals surface area contributed by atoms with Crippen molar-refractivity contribution in [1.29, 1.82) is 0 Å². The molecule has 0 aromatic heterocycles. The second kappa shape index (κ2) is 17.3. The van der Waals surface area contributed by atoms with Crippen LogP contribution in [0.15, 0.2) is 18.2 Å². The van der Waals surface area contributed by atoms with Gasteiger partial charge in [-0.15, -0.1) is 0 Å². The minimum absolute atomic E-state index is 0.279. The molecule has 3 heteroatoms. The number of benzene rings is 1. The van der Waals surface area contributed by atoms with Gasteiger partial charge in [0.15, 0.2) is 0 Å². The Kier molecular flexibility index (Phi) is 15.4. The fourth-order valence-corrected chi connectivity index (χ4v) is 3.97. The van der Waals surface area contributed by atoms with E-state index < -0.39 is 6.04 Å².